The van der Waals surface area contributed by atoms with Gasteiger partial charge in [-0.15, -0.1) is 0 Å². The Labute approximate surface area is 83.5 Å². The Hall–Kier alpha value is -1.26. The van der Waals surface area contributed by atoms with Gasteiger partial charge in [-0.3, -0.25) is 0 Å². The Kier molecular flexibility index (Phi) is 3.74. The zero-order chi connectivity index (χ0) is 10.6. The molecule has 0 aliphatic heterocycles. The first-order chi connectivity index (χ1) is 6.79. The molecule has 2 rings (SSSR count). The maximum Gasteiger partial charge on any atom is 0.489 e. The molecule has 0 spiro atoms. The number of hydrogen-bond acceptors (Lipinski definition) is 2. The molecule has 0 unspecified atom stereocenters. The van der Waals surface area contributed by atoms with E-state index in [-0.39, 0.29) is 0 Å². The summed E-state index contributed by atoms with van der Waals surface area (Å²) in [5, 5.41) is 18.8. The number of hydrogen-bond donors (Lipinski definition) is 3. The number of nitrogens with one attached hydrogen (secondary N) is 1. The molecular formula is C10H14BNO2. The Morgan fingerprint density at radius 2 is 1.86 bits per heavy atom. The molecule has 0 saturated carbocycles. The number of fused-ring (bicyclic) bond motifs is 1. The van der Waals surface area contributed by atoms with Gasteiger partial charge in [0, 0.05) is 11.7 Å². The van der Waals surface area contributed by atoms with Gasteiger partial charge in [-0.25, -0.2) is 0 Å². The quantitative estimate of drug-likeness (QED) is 0.586. The van der Waals surface area contributed by atoms with Crippen LogP contribution in [0.25, 0.3) is 10.9 Å². The van der Waals surface area contributed by atoms with Crippen LogP contribution in [-0.2, 0) is 0 Å². The molecular weight excluding hydrogens is 177 g/mol. The molecule has 1 heterocycles. The summed E-state index contributed by atoms with van der Waals surface area (Å²) >= 11 is 0. The van der Waals surface area contributed by atoms with Crippen LogP contribution < -0.4 is 5.46 Å². The Morgan fingerprint density at radius 3 is 2.50 bits per heavy atom. The Morgan fingerprint density at radius 1 is 1.14 bits per heavy atom. The van der Waals surface area contributed by atoms with E-state index in [1.165, 1.54) is 0 Å². The standard InChI is InChI=1S/C8H8BNO2.C2H6/c11-9(12)7-2-1-3-8-6(7)4-5-10-8;1-2/h1-5,10-12H;1-2H3. The molecule has 4 heteroatoms. The van der Waals surface area contributed by atoms with Crippen molar-refractivity contribution in [1.29, 1.82) is 0 Å². The van der Waals surface area contributed by atoms with Gasteiger partial charge >= 0.3 is 7.12 Å². The number of rotatable bonds is 1. The summed E-state index contributed by atoms with van der Waals surface area (Å²) in [6.45, 7) is 4.00. The van der Waals surface area contributed by atoms with E-state index in [2.05, 4.69) is 4.98 Å². The molecule has 14 heavy (non-hydrogen) atoms. The first-order valence-electron chi connectivity index (χ1n) is 4.71. The van der Waals surface area contributed by atoms with Gasteiger partial charge in [0.1, 0.15) is 0 Å². The van der Waals surface area contributed by atoms with Gasteiger partial charge in [-0.2, -0.15) is 0 Å². The lowest BCUT2D eigenvalue weighted by Gasteiger charge is -1.99. The van der Waals surface area contributed by atoms with Crippen LogP contribution in [-0.4, -0.2) is 22.2 Å². The molecule has 1 aromatic heterocycles. The third-order valence-electron chi connectivity index (χ3n) is 1.91. The van der Waals surface area contributed by atoms with Gasteiger partial charge in [-0.05, 0) is 23.0 Å². The van der Waals surface area contributed by atoms with E-state index in [9.17, 15) is 0 Å². The van der Waals surface area contributed by atoms with E-state index in [0.717, 1.165) is 10.9 Å². The second-order valence-electron chi connectivity index (χ2n) is 2.66. The van der Waals surface area contributed by atoms with Crippen molar-refractivity contribution in [3.05, 3.63) is 30.5 Å². The van der Waals surface area contributed by atoms with Crippen molar-refractivity contribution in [2.45, 2.75) is 13.8 Å². The number of aromatic nitrogens is 1. The molecule has 0 aliphatic rings. The minimum absolute atomic E-state index is 0.536. The summed E-state index contributed by atoms with van der Waals surface area (Å²) in [5.74, 6) is 0. The Balaban J connectivity index is 0.000000461. The minimum atomic E-state index is -1.40. The summed E-state index contributed by atoms with van der Waals surface area (Å²) in [6.07, 6.45) is 1.77. The molecule has 3 N–H and O–H groups in total. The molecule has 0 aliphatic carbocycles. The molecule has 2 aromatic rings. The normalized spacial score (nSPS) is 9.43. The van der Waals surface area contributed by atoms with Crippen molar-refractivity contribution in [2.75, 3.05) is 0 Å². The SMILES string of the molecule is CC.OB(O)c1cccc2[nH]ccc12. The summed E-state index contributed by atoms with van der Waals surface area (Å²) < 4.78 is 0. The molecule has 0 atom stereocenters. The highest BCUT2D eigenvalue weighted by Crippen LogP contribution is 2.08. The van der Waals surface area contributed by atoms with Crippen LogP contribution in [0.3, 0.4) is 0 Å². The number of H-pyrrole nitrogens is 1. The van der Waals surface area contributed by atoms with Crippen LogP contribution in [0.5, 0.6) is 0 Å². The summed E-state index contributed by atoms with van der Waals surface area (Å²) in [5.41, 5.74) is 1.45. The van der Waals surface area contributed by atoms with Crippen molar-refractivity contribution >= 4 is 23.5 Å². The highest BCUT2D eigenvalue weighted by atomic mass is 16.4. The fraction of sp³-hybridized carbons (Fsp3) is 0.200. The van der Waals surface area contributed by atoms with Crippen molar-refractivity contribution in [3.8, 4) is 0 Å². The second kappa shape index (κ2) is 4.84. The second-order valence-corrected chi connectivity index (χ2v) is 2.66. The van der Waals surface area contributed by atoms with Gasteiger partial charge in [0.05, 0.1) is 0 Å². The molecule has 3 nitrogen and oxygen atoms in total. The van der Waals surface area contributed by atoms with Crippen LogP contribution >= 0.6 is 0 Å². The lowest BCUT2D eigenvalue weighted by Crippen LogP contribution is -2.29. The summed E-state index contributed by atoms with van der Waals surface area (Å²) in [7, 11) is -1.40. The average Bonchev–Trinajstić information content (AvgIpc) is 2.67. The average molecular weight is 191 g/mol. The van der Waals surface area contributed by atoms with Gasteiger partial charge in [0.15, 0.2) is 0 Å². The van der Waals surface area contributed by atoms with E-state index in [1.807, 2.05) is 26.0 Å². The largest absolute Gasteiger partial charge is 0.489 e. The lowest BCUT2D eigenvalue weighted by molar-refractivity contribution is 0.426. The molecule has 0 radical (unpaired) electrons. The van der Waals surface area contributed by atoms with Gasteiger partial charge < -0.3 is 15.0 Å². The van der Waals surface area contributed by atoms with Gasteiger partial charge in [-0.1, -0.05) is 26.0 Å². The van der Waals surface area contributed by atoms with Crippen molar-refractivity contribution in [3.63, 3.8) is 0 Å². The van der Waals surface area contributed by atoms with Crippen LogP contribution in [0.1, 0.15) is 13.8 Å². The zero-order valence-electron chi connectivity index (χ0n) is 8.36. The van der Waals surface area contributed by atoms with Crippen LogP contribution in [0.2, 0.25) is 0 Å². The monoisotopic (exact) mass is 191 g/mol. The number of benzene rings is 1. The third-order valence-corrected chi connectivity index (χ3v) is 1.91. The minimum Gasteiger partial charge on any atom is -0.423 e. The van der Waals surface area contributed by atoms with E-state index < -0.39 is 7.12 Å². The van der Waals surface area contributed by atoms with Crippen molar-refractivity contribution in [2.24, 2.45) is 0 Å². The first kappa shape index (κ1) is 10.8. The van der Waals surface area contributed by atoms with E-state index in [1.54, 1.807) is 18.3 Å². The molecule has 0 fully saturated rings. The van der Waals surface area contributed by atoms with Crippen LogP contribution in [0, 0.1) is 0 Å². The molecule has 1 aromatic carbocycles. The molecule has 74 valence electrons. The Bertz CT molecular complexity index is 398. The predicted molar refractivity (Wildman–Crippen MR) is 59.5 cm³/mol. The van der Waals surface area contributed by atoms with Crippen molar-refractivity contribution in [1.82, 2.24) is 4.98 Å². The predicted octanol–water partition coefficient (Wildman–Crippen LogP) is 0.874. The fourth-order valence-corrected chi connectivity index (χ4v) is 1.33. The maximum atomic E-state index is 8.98. The first-order valence-corrected chi connectivity index (χ1v) is 4.71. The number of aromatic amines is 1. The highest BCUT2D eigenvalue weighted by molar-refractivity contribution is 6.61. The summed E-state index contributed by atoms with van der Waals surface area (Å²) in [4.78, 5) is 2.99. The fourth-order valence-electron chi connectivity index (χ4n) is 1.33. The van der Waals surface area contributed by atoms with E-state index in [0.29, 0.717) is 5.46 Å². The van der Waals surface area contributed by atoms with Crippen LogP contribution in [0.4, 0.5) is 0 Å². The van der Waals surface area contributed by atoms with Crippen molar-refractivity contribution < 1.29 is 10.0 Å². The maximum absolute atomic E-state index is 8.98. The molecule has 0 amide bonds. The van der Waals surface area contributed by atoms with E-state index >= 15 is 0 Å². The smallest absolute Gasteiger partial charge is 0.423 e. The third kappa shape index (κ3) is 1.97. The van der Waals surface area contributed by atoms with Gasteiger partial charge in [0.2, 0.25) is 0 Å². The van der Waals surface area contributed by atoms with Crippen LogP contribution in [0.15, 0.2) is 30.5 Å². The van der Waals surface area contributed by atoms with E-state index in [4.69, 9.17) is 10.0 Å². The highest BCUT2D eigenvalue weighted by Gasteiger charge is 2.13. The summed E-state index contributed by atoms with van der Waals surface area (Å²) in [6, 6.07) is 7.19. The molecule has 0 bridgehead atoms. The zero-order valence-corrected chi connectivity index (χ0v) is 8.36. The van der Waals surface area contributed by atoms with Gasteiger partial charge in [0.25, 0.3) is 0 Å². The topological polar surface area (TPSA) is 56.2 Å². The lowest BCUT2D eigenvalue weighted by atomic mass is 9.78. The molecule has 0 saturated heterocycles.